The minimum Gasteiger partial charge on any atom is -0.344 e. The molecule has 2 atom stereocenters. The normalized spacial score (nSPS) is 23.7. The van der Waals surface area contributed by atoms with Crippen LogP contribution in [0.15, 0.2) is 42.5 Å². The van der Waals surface area contributed by atoms with Crippen LogP contribution < -0.4 is 4.90 Å². The molecule has 4 rings (SSSR count). The van der Waals surface area contributed by atoms with Crippen LogP contribution in [0.2, 0.25) is 0 Å². The molecule has 0 radical (unpaired) electrons. The maximum atomic E-state index is 13.0. The van der Waals surface area contributed by atoms with Gasteiger partial charge in [0.05, 0.1) is 24.6 Å². The largest absolute Gasteiger partial charge is 0.344 e. The first-order chi connectivity index (χ1) is 13.8. The zero-order valence-electron chi connectivity index (χ0n) is 17.1. The number of aryl methyl sites for hydroxylation is 1. The molecule has 29 heavy (non-hydrogen) atoms. The SMILES string of the molecule is Cc1cc(C(=O)C[NH+]2CC=C(c3ccccc3)CC2)c(C)n1[C@@H]1CCS(=O)(=O)C1. The van der Waals surface area contributed by atoms with E-state index in [-0.39, 0.29) is 23.3 Å². The van der Waals surface area contributed by atoms with Crippen molar-refractivity contribution >= 4 is 21.2 Å². The fraction of sp³-hybridized carbons (Fsp3) is 0.435. The average Bonchev–Trinajstić information content (AvgIpc) is 3.21. The van der Waals surface area contributed by atoms with Crippen molar-refractivity contribution in [2.24, 2.45) is 0 Å². The fourth-order valence-electron chi connectivity index (χ4n) is 4.78. The molecule has 6 heteroatoms. The lowest BCUT2D eigenvalue weighted by Gasteiger charge is -2.23. The van der Waals surface area contributed by atoms with Crippen molar-refractivity contribution in [2.45, 2.75) is 32.7 Å². The minimum atomic E-state index is -2.96. The van der Waals surface area contributed by atoms with E-state index >= 15 is 0 Å². The lowest BCUT2D eigenvalue weighted by Crippen LogP contribution is -3.13. The molecule has 0 bridgehead atoms. The van der Waals surface area contributed by atoms with Gasteiger partial charge in [-0.25, -0.2) is 8.42 Å². The number of nitrogens with one attached hydrogen (secondary N) is 1. The summed E-state index contributed by atoms with van der Waals surface area (Å²) in [5, 5.41) is 0. The summed E-state index contributed by atoms with van der Waals surface area (Å²) in [4.78, 5) is 14.3. The molecule has 2 aliphatic heterocycles. The van der Waals surface area contributed by atoms with Gasteiger partial charge in [0, 0.05) is 29.4 Å². The Kier molecular flexibility index (Phi) is 5.49. The van der Waals surface area contributed by atoms with Gasteiger partial charge in [-0.1, -0.05) is 30.3 Å². The molecule has 0 saturated carbocycles. The Bertz CT molecular complexity index is 1050. The fourth-order valence-corrected chi connectivity index (χ4v) is 6.48. The van der Waals surface area contributed by atoms with Crippen LogP contribution in [-0.4, -0.2) is 49.9 Å². The summed E-state index contributed by atoms with van der Waals surface area (Å²) in [5.74, 6) is 0.574. The predicted molar refractivity (Wildman–Crippen MR) is 115 cm³/mol. The third kappa shape index (κ3) is 4.23. The molecule has 0 aliphatic carbocycles. The Morgan fingerprint density at radius 1 is 1.21 bits per heavy atom. The van der Waals surface area contributed by atoms with Gasteiger partial charge in [0.25, 0.3) is 0 Å². The predicted octanol–water partition coefficient (Wildman–Crippen LogP) is 2.02. The van der Waals surface area contributed by atoms with Gasteiger partial charge in [-0.2, -0.15) is 0 Å². The molecule has 2 aromatic rings. The van der Waals surface area contributed by atoms with Gasteiger partial charge in [-0.15, -0.1) is 0 Å². The number of ketones is 1. The van der Waals surface area contributed by atoms with E-state index in [1.807, 2.05) is 26.0 Å². The minimum absolute atomic E-state index is 0.0414. The van der Waals surface area contributed by atoms with Gasteiger partial charge in [-0.05, 0) is 43.5 Å². The second kappa shape index (κ2) is 7.92. The van der Waals surface area contributed by atoms with Gasteiger partial charge in [0.15, 0.2) is 9.84 Å². The third-order valence-corrected chi connectivity index (χ3v) is 8.05. The molecule has 0 spiro atoms. The molecule has 5 nitrogen and oxygen atoms in total. The summed E-state index contributed by atoms with van der Waals surface area (Å²) >= 11 is 0. The van der Waals surface area contributed by atoms with Crippen molar-refractivity contribution in [3.05, 3.63) is 65.0 Å². The molecule has 1 aromatic carbocycles. The van der Waals surface area contributed by atoms with Crippen LogP contribution in [0.25, 0.3) is 5.57 Å². The second-order valence-electron chi connectivity index (χ2n) is 8.36. The van der Waals surface area contributed by atoms with Gasteiger partial charge < -0.3 is 9.47 Å². The van der Waals surface area contributed by atoms with Crippen molar-refractivity contribution in [2.75, 3.05) is 31.1 Å². The van der Waals surface area contributed by atoms with Gasteiger partial charge in [-0.3, -0.25) is 4.79 Å². The molecule has 1 unspecified atom stereocenters. The van der Waals surface area contributed by atoms with E-state index in [9.17, 15) is 13.2 Å². The van der Waals surface area contributed by atoms with E-state index in [0.29, 0.717) is 13.0 Å². The Balaban J connectivity index is 1.45. The highest BCUT2D eigenvalue weighted by molar-refractivity contribution is 7.91. The first kappa shape index (κ1) is 20.1. The highest BCUT2D eigenvalue weighted by Crippen LogP contribution is 2.29. The Morgan fingerprint density at radius 2 is 1.97 bits per heavy atom. The van der Waals surface area contributed by atoms with Crippen LogP contribution >= 0.6 is 0 Å². The topological polar surface area (TPSA) is 60.6 Å². The maximum absolute atomic E-state index is 13.0. The number of sulfone groups is 1. The van der Waals surface area contributed by atoms with Crippen molar-refractivity contribution in [1.82, 2.24) is 4.57 Å². The van der Waals surface area contributed by atoms with Crippen LogP contribution in [0.5, 0.6) is 0 Å². The van der Waals surface area contributed by atoms with Crippen molar-refractivity contribution in [1.29, 1.82) is 0 Å². The zero-order valence-corrected chi connectivity index (χ0v) is 18.0. The lowest BCUT2D eigenvalue weighted by molar-refractivity contribution is -0.886. The first-order valence-electron chi connectivity index (χ1n) is 10.3. The molecular formula is C23H29N2O3S+. The van der Waals surface area contributed by atoms with E-state index in [0.717, 1.165) is 36.5 Å². The van der Waals surface area contributed by atoms with E-state index < -0.39 is 9.84 Å². The zero-order chi connectivity index (χ0) is 20.6. The molecule has 2 aliphatic rings. The lowest BCUT2D eigenvalue weighted by atomic mass is 9.99. The molecule has 1 N–H and O–H groups in total. The van der Waals surface area contributed by atoms with Crippen LogP contribution in [0.3, 0.4) is 0 Å². The molecule has 154 valence electrons. The van der Waals surface area contributed by atoms with E-state index in [4.69, 9.17) is 0 Å². The number of carbonyl (C=O) groups is 1. The molecule has 1 saturated heterocycles. The standard InChI is InChI=1S/C23H28N2O3S/c1-17-14-22(18(2)25(17)21-10-13-29(27,28)16-21)23(26)15-24-11-8-20(9-12-24)19-6-4-3-5-7-19/h3-8,14,21H,9-13,15-16H2,1-2H3/p+1/t21-/m1/s1. The van der Waals surface area contributed by atoms with E-state index in [2.05, 4.69) is 34.9 Å². The second-order valence-corrected chi connectivity index (χ2v) is 10.6. The summed E-state index contributed by atoms with van der Waals surface area (Å²) in [6.07, 6.45) is 3.87. The van der Waals surface area contributed by atoms with Crippen LogP contribution in [-0.2, 0) is 9.84 Å². The number of benzene rings is 1. The molecule has 3 heterocycles. The summed E-state index contributed by atoms with van der Waals surface area (Å²) < 4.78 is 25.8. The number of carbonyl (C=O) groups excluding carboxylic acids is 1. The summed E-state index contributed by atoms with van der Waals surface area (Å²) in [6, 6.07) is 12.3. The monoisotopic (exact) mass is 413 g/mol. The maximum Gasteiger partial charge on any atom is 0.218 e. The van der Waals surface area contributed by atoms with Crippen LogP contribution in [0.1, 0.15) is 46.2 Å². The number of nitrogens with zero attached hydrogens (tertiary/aromatic N) is 1. The smallest absolute Gasteiger partial charge is 0.218 e. The Morgan fingerprint density at radius 3 is 2.59 bits per heavy atom. The number of rotatable bonds is 5. The van der Waals surface area contributed by atoms with Gasteiger partial charge in [0.2, 0.25) is 5.78 Å². The highest BCUT2D eigenvalue weighted by atomic mass is 32.2. The van der Waals surface area contributed by atoms with Crippen LogP contribution in [0, 0.1) is 13.8 Å². The van der Waals surface area contributed by atoms with Crippen molar-refractivity contribution in [3.63, 3.8) is 0 Å². The summed E-state index contributed by atoms with van der Waals surface area (Å²) in [5.41, 5.74) is 5.27. The Labute approximate surface area is 172 Å². The van der Waals surface area contributed by atoms with E-state index in [1.54, 1.807) is 0 Å². The average molecular weight is 414 g/mol. The van der Waals surface area contributed by atoms with Crippen LogP contribution in [0.4, 0.5) is 0 Å². The highest BCUT2D eigenvalue weighted by Gasteiger charge is 2.32. The Hall–Kier alpha value is -2.18. The first-order valence-corrected chi connectivity index (χ1v) is 12.2. The van der Waals surface area contributed by atoms with Gasteiger partial charge >= 0.3 is 0 Å². The molecule has 1 aromatic heterocycles. The number of aromatic nitrogens is 1. The third-order valence-electron chi connectivity index (χ3n) is 6.30. The number of Topliss-reactive ketones (excluding diaryl/α,β-unsaturated/α-hetero) is 1. The van der Waals surface area contributed by atoms with Crippen molar-refractivity contribution < 1.29 is 18.1 Å². The molecular weight excluding hydrogens is 384 g/mol. The number of quaternary nitrogens is 1. The van der Waals surface area contributed by atoms with E-state index in [1.165, 1.54) is 16.0 Å². The molecule has 1 fully saturated rings. The van der Waals surface area contributed by atoms with Gasteiger partial charge in [0.1, 0.15) is 6.54 Å². The number of hydrogen-bond donors (Lipinski definition) is 1. The van der Waals surface area contributed by atoms with Crippen molar-refractivity contribution in [3.8, 4) is 0 Å². The summed E-state index contributed by atoms with van der Waals surface area (Å²) in [7, 11) is -2.96. The number of hydrogen-bond acceptors (Lipinski definition) is 3. The molecule has 0 amide bonds. The quantitative estimate of drug-likeness (QED) is 0.763. The summed E-state index contributed by atoms with van der Waals surface area (Å²) in [6.45, 7) is 6.20.